The first-order valence-electron chi connectivity index (χ1n) is 22.9. The molecule has 18 nitrogen and oxygen atoms in total. The Morgan fingerprint density at radius 1 is 0.429 bits per heavy atom. The number of hydrogen-bond acceptors (Lipinski definition) is 18. The first-order valence-corrected chi connectivity index (χ1v) is 24.2. The van der Waals surface area contributed by atoms with E-state index in [0.717, 1.165) is 57.8 Å². The van der Waals surface area contributed by atoms with Crippen LogP contribution in [0, 0.1) is 11.3 Å². The Morgan fingerprint density at radius 2 is 0.714 bits per heavy atom. The maximum atomic E-state index is 11.6. The molecular weight excluding hydrogens is 858 g/mol. The molecule has 0 spiro atoms. The maximum absolute atomic E-state index is 11.6. The molecule has 0 aliphatic carbocycles. The van der Waals surface area contributed by atoms with Gasteiger partial charge < -0.3 is 66.1 Å². The second-order valence-corrected chi connectivity index (χ2v) is 15.2. The predicted octanol–water partition coefficient (Wildman–Crippen LogP) is 2.05. The van der Waals surface area contributed by atoms with Crippen LogP contribution in [0.15, 0.2) is 0 Å². The van der Waals surface area contributed by atoms with E-state index in [4.69, 9.17) is 71.0 Å². The summed E-state index contributed by atoms with van der Waals surface area (Å²) in [4.78, 5) is 0. The van der Waals surface area contributed by atoms with Crippen LogP contribution in [-0.2, 0) is 76.2 Å². The normalized spacial score (nSPS) is 12.7. The van der Waals surface area contributed by atoms with Crippen molar-refractivity contribution in [3.05, 3.63) is 0 Å². The second-order valence-electron chi connectivity index (χ2n) is 14.2. The molecule has 0 rings (SSSR count). The fourth-order valence-electron chi connectivity index (χ4n) is 5.73. The van der Waals surface area contributed by atoms with Gasteiger partial charge in [-0.15, -0.1) is 0 Å². The van der Waals surface area contributed by atoms with Crippen LogP contribution in [0.1, 0.15) is 96.8 Å². The van der Waals surface area contributed by atoms with E-state index in [1.165, 1.54) is 6.42 Å². The number of unbranched alkanes of at least 4 members (excludes halogenated alkanes) is 10. The molecule has 0 aliphatic rings. The summed E-state index contributed by atoms with van der Waals surface area (Å²) in [5, 5.41) is 8.71. The minimum atomic E-state index is -4.89. The van der Waals surface area contributed by atoms with E-state index in [1.54, 1.807) is 7.11 Å². The van der Waals surface area contributed by atoms with Crippen molar-refractivity contribution >= 4 is 10.4 Å². The third-order valence-corrected chi connectivity index (χ3v) is 9.47. The number of nitriles is 1. The fourth-order valence-corrected chi connectivity index (χ4v) is 6.25. The summed E-state index contributed by atoms with van der Waals surface area (Å²) >= 11 is 0. The van der Waals surface area contributed by atoms with Crippen molar-refractivity contribution in [2.75, 3.05) is 166 Å². The summed E-state index contributed by atoms with van der Waals surface area (Å²) in [7, 11) is -3.25. The monoisotopic (exact) mass is 942 g/mol. The predicted molar refractivity (Wildman–Crippen MR) is 231 cm³/mol. The molecule has 0 aliphatic heterocycles. The smallest absolute Gasteiger partial charge is 0.726 e. The molecular formula is C43H84NNaO17S. The third kappa shape index (κ3) is 54.3. The number of ether oxygens (including phenoxy) is 13. The molecule has 63 heavy (non-hydrogen) atoms. The molecule has 2 atom stereocenters. The van der Waals surface area contributed by atoms with Gasteiger partial charge in [0.1, 0.15) is 6.10 Å². The minimum absolute atomic E-state index is 0. The standard InChI is InChI=1S/C43H85NO17S.Na/c1-3-4-5-6-9-12-15-42(43(61-62(45,46)47)16-13-10-7-8-11-14-17-44)60-41-40-59-39-38-58-37-36-57-35-34-56-33-32-55-31-30-54-29-28-53-27-26-52-25-24-51-23-22-50-21-20-49-19-18-48-2;/h42-43H,3-16,18-41H2,1-2H3,(H,45,46,47);/q;+1/p-1. The van der Waals surface area contributed by atoms with Gasteiger partial charge in [0.05, 0.1) is 171 Å². The second kappa shape index (κ2) is 54.4. The molecule has 0 saturated carbocycles. The third-order valence-electron chi connectivity index (χ3n) is 8.99. The average molecular weight is 942 g/mol. The Morgan fingerprint density at radius 3 is 1.03 bits per heavy atom. The molecule has 0 amide bonds. The topological polar surface area (TPSA) is 210 Å². The quantitative estimate of drug-likeness (QED) is 0.0370. The van der Waals surface area contributed by atoms with Gasteiger partial charge in [-0.3, -0.25) is 4.18 Å². The van der Waals surface area contributed by atoms with Crippen LogP contribution in [0.25, 0.3) is 0 Å². The van der Waals surface area contributed by atoms with Crippen LogP contribution in [0.2, 0.25) is 0 Å². The van der Waals surface area contributed by atoms with Crippen LogP contribution in [-0.4, -0.2) is 191 Å². The SMILES string of the molecule is CCCCCCCCC(OCCOCCOCCOCCOCCOCCOCCOCCOCCOCCOCCOCCOC)C(CCCCCCCC#N)OS(=O)(=O)[O-].[Na+]. The van der Waals surface area contributed by atoms with Crippen molar-refractivity contribution in [1.82, 2.24) is 0 Å². The number of methoxy groups -OCH3 is 1. The van der Waals surface area contributed by atoms with Crippen LogP contribution >= 0.6 is 0 Å². The zero-order chi connectivity index (χ0) is 45.1. The molecule has 0 aromatic rings. The van der Waals surface area contributed by atoms with Crippen LogP contribution in [0.5, 0.6) is 0 Å². The molecule has 0 bridgehead atoms. The van der Waals surface area contributed by atoms with E-state index in [2.05, 4.69) is 13.0 Å². The van der Waals surface area contributed by atoms with Crippen molar-refractivity contribution in [3.63, 3.8) is 0 Å². The van der Waals surface area contributed by atoms with Gasteiger partial charge in [-0.2, -0.15) is 5.26 Å². The van der Waals surface area contributed by atoms with E-state index in [9.17, 15) is 13.0 Å². The van der Waals surface area contributed by atoms with Gasteiger partial charge in [-0.1, -0.05) is 71.1 Å². The van der Waals surface area contributed by atoms with Gasteiger partial charge in [0.15, 0.2) is 0 Å². The molecule has 0 fully saturated rings. The molecule has 20 heteroatoms. The van der Waals surface area contributed by atoms with Gasteiger partial charge in [0.2, 0.25) is 10.4 Å². The zero-order valence-corrected chi connectivity index (χ0v) is 42.1. The summed E-state index contributed by atoms with van der Waals surface area (Å²) in [5.74, 6) is 0. The number of rotatable bonds is 54. The average Bonchev–Trinajstić information content (AvgIpc) is 3.25. The maximum Gasteiger partial charge on any atom is 1.00 e. The molecule has 370 valence electrons. The molecule has 0 N–H and O–H groups in total. The Bertz CT molecular complexity index is 1030. The van der Waals surface area contributed by atoms with Gasteiger partial charge >= 0.3 is 29.6 Å². The molecule has 0 aromatic carbocycles. The summed E-state index contributed by atoms with van der Waals surface area (Å²) in [6, 6.07) is 2.15. The molecule has 2 unspecified atom stereocenters. The molecule has 0 radical (unpaired) electrons. The van der Waals surface area contributed by atoms with E-state index in [-0.39, 0.29) is 36.2 Å². The Hall–Kier alpha value is -0.160. The van der Waals surface area contributed by atoms with Gasteiger partial charge in [0.25, 0.3) is 0 Å². The summed E-state index contributed by atoms with van der Waals surface area (Å²) in [6.45, 7) is 13.3. The molecule has 0 heterocycles. The van der Waals surface area contributed by atoms with E-state index in [0.29, 0.717) is 178 Å². The van der Waals surface area contributed by atoms with Gasteiger partial charge in [-0.25, -0.2) is 8.42 Å². The first kappa shape index (κ1) is 64.9. The Labute approximate surface area is 402 Å². The largest absolute Gasteiger partial charge is 1.00 e. The van der Waals surface area contributed by atoms with Crippen molar-refractivity contribution in [2.24, 2.45) is 0 Å². The van der Waals surface area contributed by atoms with Crippen molar-refractivity contribution < 1.29 is 108 Å². The zero-order valence-electron chi connectivity index (χ0n) is 39.3. The van der Waals surface area contributed by atoms with Crippen LogP contribution in [0.3, 0.4) is 0 Å². The van der Waals surface area contributed by atoms with E-state index >= 15 is 0 Å². The van der Waals surface area contributed by atoms with Crippen LogP contribution < -0.4 is 29.6 Å². The summed E-state index contributed by atoms with van der Waals surface area (Å²) in [6.07, 6.45) is 11.0. The van der Waals surface area contributed by atoms with Crippen LogP contribution in [0.4, 0.5) is 0 Å². The summed E-state index contributed by atoms with van der Waals surface area (Å²) < 4.78 is 111. The van der Waals surface area contributed by atoms with Crippen molar-refractivity contribution in [2.45, 2.75) is 109 Å². The van der Waals surface area contributed by atoms with Crippen molar-refractivity contribution in [1.29, 1.82) is 5.26 Å². The Kier molecular flexibility index (Phi) is 56.1. The fraction of sp³-hybridized carbons (Fsp3) is 0.977. The molecule has 0 aromatic heterocycles. The van der Waals surface area contributed by atoms with Gasteiger partial charge in [0, 0.05) is 13.5 Å². The van der Waals surface area contributed by atoms with Crippen molar-refractivity contribution in [3.8, 4) is 6.07 Å². The van der Waals surface area contributed by atoms with E-state index in [1.807, 2.05) is 0 Å². The minimum Gasteiger partial charge on any atom is -0.726 e. The van der Waals surface area contributed by atoms with E-state index < -0.39 is 22.6 Å². The molecule has 0 saturated heterocycles. The first-order chi connectivity index (χ1) is 30.4. The van der Waals surface area contributed by atoms with Gasteiger partial charge in [-0.05, 0) is 19.3 Å². The number of nitrogens with zero attached hydrogens (tertiary/aromatic N) is 1. The summed E-state index contributed by atoms with van der Waals surface area (Å²) in [5.41, 5.74) is 0. The number of hydrogen-bond donors (Lipinski definition) is 0. The Balaban J connectivity index is 0.